The van der Waals surface area contributed by atoms with Crippen LogP contribution in [0.5, 0.6) is 5.75 Å². The van der Waals surface area contributed by atoms with Gasteiger partial charge in [0.2, 0.25) is 0 Å². The van der Waals surface area contributed by atoms with E-state index < -0.39 is 0 Å². The number of nitrogens with two attached hydrogens (primary N) is 1. The Morgan fingerprint density at radius 3 is 2.29 bits per heavy atom. The van der Waals surface area contributed by atoms with Gasteiger partial charge in [0.05, 0.1) is 6.61 Å². The Kier molecular flexibility index (Phi) is 9.77. The Morgan fingerprint density at radius 2 is 1.67 bits per heavy atom. The zero-order valence-corrected chi connectivity index (χ0v) is 15.1. The zero-order chi connectivity index (χ0) is 15.5. The first-order valence-electron chi connectivity index (χ1n) is 8.33. The van der Waals surface area contributed by atoms with Crippen molar-refractivity contribution >= 4 is 15.9 Å². The van der Waals surface area contributed by atoms with Gasteiger partial charge in [0, 0.05) is 16.1 Å². The molecule has 120 valence electrons. The van der Waals surface area contributed by atoms with Crippen LogP contribution in [0.3, 0.4) is 0 Å². The molecule has 1 rings (SSSR count). The van der Waals surface area contributed by atoms with E-state index in [1.54, 1.807) is 0 Å². The van der Waals surface area contributed by atoms with E-state index in [1.807, 2.05) is 25.1 Å². The second-order valence-corrected chi connectivity index (χ2v) is 6.71. The van der Waals surface area contributed by atoms with Gasteiger partial charge < -0.3 is 10.5 Å². The van der Waals surface area contributed by atoms with Crippen molar-refractivity contribution in [2.45, 2.75) is 71.3 Å². The van der Waals surface area contributed by atoms with Gasteiger partial charge in [-0.05, 0) is 31.5 Å². The third-order valence-corrected chi connectivity index (χ3v) is 4.21. The Balaban J connectivity index is 2.18. The van der Waals surface area contributed by atoms with Crippen LogP contribution < -0.4 is 10.5 Å². The lowest BCUT2D eigenvalue weighted by atomic mass is 10.1. The monoisotopic (exact) mass is 355 g/mol. The fourth-order valence-corrected chi connectivity index (χ4v) is 2.80. The SMILES string of the molecule is CCCCCCCCCCOc1ccc(Br)cc1C(C)N. The highest BCUT2D eigenvalue weighted by Gasteiger charge is 2.08. The van der Waals surface area contributed by atoms with Crippen LogP contribution in [0.1, 0.15) is 76.8 Å². The normalized spacial score (nSPS) is 12.4. The molecule has 1 aromatic carbocycles. The molecular weight excluding hydrogens is 326 g/mol. The predicted octanol–water partition coefficient (Wildman–Crippen LogP) is 5.99. The molecule has 1 aromatic rings. The summed E-state index contributed by atoms with van der Waals surface area (Å²) in [6.45, 7) is 5.04. The summed E-state index contributed by atoms with van der Waals surface area (Å²) in [4.78, 5) is 0. The van der Waals surface area contributed by atoms with E-state index in [-0.39, 0.29) is 6.04 Å². The van der Waals surface area contributed by atoms with E-state index >= 15 is 0 Å². The van der Waals surface area contributed by atoms with Crippen molar-refractivity contribution in [3.8, 4) is 5.75 Å². The van der Waals surface area contributed by atoms with E-state index in [1.165, 1.54) is 44.9 Å². The minimum absolute atomic E-state index is 0.00364. The lowest BCUT2D eigenvalue weighted by molar-refractivity contribution is 0.300. The van der Waals surface area contributed by atoms with Gasteiger partial charge in [-0.1, -0.05) is 67.8 Å². The van der Waals surface area contributed by atoms with Gasteiger partial charge >= 0.3 is 0 Å². The molecular formula is C18H30BrNO. The molecule has 2 nitrogen and oxygen atoms in total. The number of halogens is 1. The van der Waals surface area contributed by atoms with Crippen LogP contribution >= 0.6 is 15.9 Å². The van der Waals surface area contributed by atoms with E-state index in [4.69, 9.17) is 10.5 Å². The van der Waals surface area contributed by atoms with Crippen LogP contribution in [0.15, 0.2) is 22.7 Å². The van der Waals surface area contributed by atoms with Crippen molar-refractivity contribution in [3.63, 3.8) is 0 Å². The summed E-state index contributed by atoms with van der Waals surface area (Å²) in [7, 11) is 0. The summed E-state index contributed by atoms with van der Waals surface area (Å²) in [5, 5.41) is 0. The van der Waals surface area contributed by atoms with Crippen molar-refractivity contribution in [3.05, 3.63) is 28.2 Å². The zero-order valence-electron chi connectivity index (χ0n) is 13.5. The van der Waals surface area contributed by atoms with Gasteiger partial charge in [0.15, 0.2) is 0 Å². The van der Waals surface area contributed by atoms with Crippen molar-refractivity contribution in [1.29, 1.82) is 0 Å². The average Bonchev–Trinajstić information content (AvgIpc) is 2.46. The summed E-state index contributed by atoms with van der Waals surface area (Å²) in [6, 6.07) is 6.06. The minimum Gasteiger partial charge on any atom is -0.493 e. The van der Waals surface area contributed by atoms with E-state index in [0.717, 1.165) is 28.8 Å². The second-order valence-electron chi connectivity index (χ2n) is 5.79. The van der Waals surface area contributed by atoms with Crippen molar-refractivity contribution in [2.24, 2.45) is 5.73 Å². The summed E-state index contributed by atoms with van der Waals surface area (Å²) >= 11 is 3.48. The van der Waals surface area contributed by atoms with Crippen molar-refractivity contribution < 1.29 is 4.74 Å². The van der Waals surface area contributed by atoms with E-state index in [2.05, 4.69) is 22.9 Å². The van der Waals surface area contributed by atoms with Gasteiger partial charge in [-0.15, -0.1) is 0 Å². The lowest BCUT2D eigenvalue weighted by Crippen LogP contribution is -2.08. The summed E-state index contributed by atoms with van der Waals surface area (Å²) in [6.07, 6.45) is 10.6. The molecule has 0 aliphatic heterocycles. The van der Waals surface area contributed by atoms with Gasteiger partial charge in [-0.2, -0.15) is 0 Å². The van der Waals surface area contributed by atoms with E-state index in [0.29, 0.717) is 0 Å². The number of rotatable bonds is 11. The predicted molar refractivity (Wildman–Crippen MR) is 94.8 cm³/mol. The molecule has 1 unspecified atom stereocenters. The molecule has 3 heteroatoms. The third-order valence-electron chi connectivity index (χ3n) is 3.72. The number of hydrogen-bond acceptors (Lipinski definition) is 2. The maximum absolute atomic E-state index is 5.99. The van der Waals surface area contributed by atoms with Crippen LogP contribution in [-0.2, 0) is 0 Å². The standard InChI is InChI=1S/C18H30BrNO/c1-3-4-5-6-7-8-9-10-13-21-18-12-11-16(19)14-17(18)15(2)20/h11-12,14-15H,3-10,13,20H2,1-2H3. The second kappa shape index (κ2) is 11.1. The Morgan fingerprint density at radius 1 is 1.05 bits per heavy atom. The quantitative estimate of drug-likeness (QED) is 0.494. The minimum atomic E-state index is -0.00364. The molecule has 0 aliphatic rings. The summed E-state index contributed by atoms with van der Waals surface area (Å²) < 4.78 is 6.95. The van der Waals surface area contributed by atoms with Crippen LogP contribution in [-0.4, -0.2) is 6.61 Å². The topological polar surface area (TPSA) is 35.2 Å². The van der Waals surface area contributed by atoms with Crippen LogP contribution in [0.25, 0.3) is 0 Å². The van der Waals surface area contributed by atoms with Crippen LogP contribution in [0.2, 0.25) is 0 Å². The molecule has 0 aromatic heterocycles. The molecule has 0 amide bonds. The highest BCUT2D eigenvalue weighted by Crippen LogP contribution is 2.27. The smallest absolute Gasteiger partial charge is 0.124 e. The third kappa shape index (κ3) is 7.87. The van der Waals surface area contributed by atoms with Crippen molar-refractivity contribution in [1.82, 2.24) is 0 Å². The first-order chi connectivity index (χ1) is 10.1. The van der Waals surface area contributed by atoms with Crippen LogP contribution in [0.4, 0.5) is 0 Å². The lowest BCUT2D eigenvalue weighted by Gasteiger charge is -2.14. The van der Waals surface area contributed by atoms with Crippen LogP contribution in [0, 0.1) is 0 Å². The van der Waals surface area contributed by atoms with Crippen molar-refractivity contribution in [2.75, 3.05) is 6.61 Å². The van der Waals surface area contributed by atoms with Gasteiger partial charge in [-0.25, -0.2) is 0 Å². The molecule has 21 heavy (non-hydrogen) atoms. The Bertz CT molecular complexity index is 393. The molecule has 2 N–H and O–H groups in total. The van der Waals surface area contributed by atoms with E-state index in [9.17, 15) is 0 Å². The fraction of sp³-hybridized carbons (Fsp3) is 0.667. The van der Waals surface area contributed by atoms with Gasteiger partial charge in [-0.3, -0.25) is 0 Å². The maximum atomic E-state index is 5.99. The fourth-order valence-electron chi connectivity index (χ4n) is 2.42. The molecule has 1 atom stereocenters. The highest BCUT2D eigenvalue weighted by molar-refractivity contribution is 9.10. The molecule has 0 radical (unpaired) electrons. The number of ether oxygens (including phenoxy) is 1. The van der Waals surface area contributed by atoms with Gasteiger partial charge in [0.25, 0.3) is 0 Å². The van der Waals surface area contributed by atoms with Gasteiger partial charge in [0.1, 0.15) is 5.75 Å². The molecule has 0 bridgehead atoms. The average molecular weight is 356 g/mol. The molecule has 0 saturated carbocycles. The molecule has 0 heterocycles. The number of benzene rings is 1. The first kappa shape index (κ1) is 18.5. The number of unbranched alkanes of at least 4 members (excludes halogenated alkanes) is 7. The maximum Gasteiger partial charge on any atom is 0.124 e. The highest BCUT2D eigenvalue weighted by atomic mass is 79.9. The summed E-state index contributed by atoms with van der Waals surface area (Å²) in [5.74, 6) is 0.927. The summed E-state index contributed by atoms with van der Waals surface area (Å²) in [5.41, 5.74) is 7.07. The Labute approximate surface area is 138 Å². The Hall–Kier alpha value is -0.540. The molecule has 0 aliphatic carbocycles. The molecule has 0 spiro atoms. The molecule has 0 saturated heterocycles. The largest absolute Gasteiger partial charge is 0.493 e. The number of hydrogen-bond donors (Lipinski definition) is 1. The first-order valence-corrected chi connectivity index (χ1v) is 9.12. The molecule has 0 fully saturated rings.